The second-order valence-corrected chi connectivity index (χ2v) is 5.49. The Morgan fingerprint density at radius 2 is 1.84 bits per heavy atom. The van der Waals surface area contributed by atoms with Gasteiger partial charge in [-0.1, -0.05) is 19.3 Å². The third-order valence-corrected chi connectivity index (χ3v) is 4.08. The molecule has 1 saturated carbocycles. The van der Waals surface area contributed by atoms with Gasteiger partial charge in [0.15, 0.2) is 5.78 Å². The molecule has 0 radical (unpaired) electrons. The van der Waals surface area contributed by atoms with Crippen molar-refractivity contribution in [3.8, 4) is 5.75 Å². The molecule has 2 rings (SSSR count). The Morgan fingerprint density at radius 3 is 2.47 bits per heavy atom. The van der Waals surface area contributed by atoms with Crippen molar-refractivity contribution in [2.75, 3.05) is 13.6 Å². The van der Waals surface area contributed by atoms with E-state index in [2.05, 4.69) is 11.9 Å². The summed E-state index contributed by atoms with van der Waals surface area (Å²) in [5, 5.41) is 9.21. The van der Waals surface area contributed by atoms with Gasteiger partial charge in [0.2, 0.25) is 0 Å². The van der Waals surface area contributed by atoms with E-state index in [-0.39, 0.29) is 11.5 Å². The maximum atomic E-state index is 12.0. The Bertz CT molecular complexity index is 407. The summed E-state index contributed by atoms with van der Waals surface area (Å²) in [7, 11) is 2.13. The molecule has 0 heterocycles. The van der Waals surface area contributed by atoms with Crippen molar-refractivity contribution in [1.29, 1.82) is 0 Å². The third-order valence-electron chi connectivity index (χ3n) is 4.08. The second kappa shape index (κ2) is 6.71. The molecule has 0 bridgehead atoms. The van der Waals surface area contributed by atoms with Crippen molar-refractivity contribution in [3.05, 3.63) is 29.8 Å². The van der Waals surface area contributed by atoms with Gasteiger partial charge in [-0.2, -0.15) is 0 Å². The maximum absolute atomic E-state index is 12.0. The number of nitrogens with zero attached hydrogens (tertiary/aromatic N) is 1. The smallest absolute Gasteiger partial charge is 0.164 e. The van der Waals surface area contributed by atoms with E-state index >= 15 is 0 Å². The first-order valence-corrected chi connectivity index (χ1v) is 7.19. The SMILES string of the molecule is CN(CCC(=O)c1ccc(O)cc1)C1CCCCC1. The number of hydrogen-bond donors (Lipinski definition) is 1. The van der Waals surface area contributed by atoms with Crippen LogP contribution >= 0.6 is 0 Å². The molecule has 0 amide bonds. The number of benzene rings is 1. The average molecular weight is 261 g/mol. The summed E-state index contributed by atoms with van der Waals surface area (Å²) < 4.78 is 0. The largest absolute Gasteiger partial charge is 0.508 e. The van der Waals surface area contributed by atoms with Gasteiger partial charge in [-0.05, 0) is 44.2 Å². The zero-order valence-electron chi connectivity index (χ0n) is 11.6. The van der Waals surface area contributed by atoms with Gasteiger partial charge in [0.1, 0.15) is 5.75 Å². The number of aromatic hydroxyl groups is 1. The van der Waals surface area contributed by atoms with Gasteiger partial charge < -0.3 is 10.0 Å². The fourth-order valence-electron chi connectivity index (χ4n) is 2.77. The molecular weight excluding hydrogens is 238 g/mol. The topological polar surface area (TPSA) is 40.5 Å². The van der Waals surface area contributed by atoms with Gasteiger partial charge in [0.05, 0.1) is 0 Å². The van der Waals surface area contributed by atoms with E-state index in [0.717, 1.165) is 6.54 Å². The molecule has 1 N–H and O–H groups in total. The minimum absolute atomic E-state index is 0.155. The monoisotopic (exact) mass is 261 g/mol. The molecule has 1 aromatic rings. The lowest BCUT2D eigenvalue weighted by atomic mass is 9.94. The summed E-state index contributed by atoms with van der Waals surface area (Å²) in [5.41, 5.74) is 0.690. The van der Waals surface area contributed by atoms with Crippen LogP contribution in [-0.4, -0.2) is 35.4 Å². The predicted molar refractivity (Wildman–Crippen MR) is 76.6 cm³/mol. The fourth-order valence-corrected chi connectivity index (χ4v) is 2.77. The van der Waals surface area contributed by atoms with E-state index in [0.29, 0.717) is 18.0 Å². The highest BCUT2D eigenvalue weighted by Gasteiger charge is 2.18. The van der Waals surface area contributed by atoms with E-state index < -0.39 is 0 Å². The average Bonchev–Trinajstić information content (AvgIpc) is 2.46. The number of phenolic OH excluding ortho intramolecular Hbond substituents is 1. The molecule has 3 nitrogen and oxygen atoms in total. The first-order chi connectivity index (χ1) is 9.16. The molecule has 0 aromatic heterocycles. The molecule has 1 aliphatic carbocycles. The summed E-state index contributed by atoms with van der Waals surface area (Å²) in [6, 6.07) is 7.17. The second-order valence-electron chi connectivity index (χ2n) is 5.49. The van der Waals surface area contributed by atoms with Crippen LogP contribution in [-0.2, 0) is 0 Å². The quantitative estimate of drug-likeness (QED) is 0.827. The molecule has 0 spiro atoms. The first kappa shape index (κ1) is 14.1. The first-order valence-electron chi connectivity index (χ1n) is 7.19. The number of rotatable bonds is 5. The fraction of sp³-hybridized carbons (Fsp3) is 0.562. The third kappa shape index (κ3) is 4.06. The molecule has 0 aliphatic heterocycles. The molecule has 0 saturated heterocycles. The number of Topliss-reactive ketones (excluding diaryl/α,β-unsaturated/α-hetero) is 1. The number of phenols is 1. The number of ketones is 1. The molecule has 0 atom stereocenters. The van der Waals surface area contributed by atoms with E-state index in [1.54, 1.807) is 24.3 Å². The Kier molecular flexibility index (Phi) is 4.97. The van der Waals surface area contributed by atoms with Gasteiger partial charge >= 0.3 is 0 Å². The van der Waals surface area contributed by atoms with Gasteiger partial charge in [0.25, 0.3) is 0 Å². The van der Waals surface area contributed by atoms with E-state index in [1.807, 2.05) is 0 Å². The lowest BCUT2D eigenvalue weighted by Crippen LogP contribution is -2.34. The van der Waals surface area contributed by atoms with E-state index in [9.17, 15) is 9.90 Å². The Morgan fingerprint density at radius 1 is 1.21 bits per heavy atom. The standard InChI is InChI=1S/C16H23NO2/c1-17(14-5-3-2-4-6-14)12-11-16(19)13-7-9-15(18)10-8-13/h7-10,14,18H,2-6,11-12H2,1H3. The van der Waals surface area contributed by atoms with Crippen LogP contribution in [0.25, 0.3) is 0 Å². The van der Waals surface area contributed by atoms with Crippen LogP contribution in [0.15, 0.2) is 24.3 Å². The maximum Gasteiger partial charge on any atom is 0.164 e. The minimum atomic E-state index is 0.155. The normalized spacial score (nSPS) is 16.7. The van der Waals surface area contributed by atoms with Crippen LogP contribution in [0, 0.1) is 0 Å². The van der Waals surface area contributed by atoms with Crippen LogP contribution < -0.4 is 0 Å². The zero-order valence-corrected chi connectivity index (χ0v) is 11.6. The van der Waals surface area contributed by atoms with Crippen LogP contribution in [0.4, 0.5) is 0 Å². The highest BCUT2D eigenvalue weighted by molar-refractivity contribution is 5.96. The van der Waals surface area contributed by atoms with Gasteiger partial charge in [-0.3, -0.25) is 4.79 Å². The van der Waals surface area contributed by atoms with Crippen molar-refractivity contribution in [1.82, 2.24) is 4.90 Å². The summed E-state index contributed by atoms with van der Waals surface area (Å²) in [5.74, 6) is 0.360. The molecule has 104 valence electrons. The van der Waals surface area contributed by atoms with Crippen molar-refractivity contribution in [3.63, 3.8) is 0 Å². The van der Waals surface area contributed by atoms with Gasteiger partial charge in [-0.25, -0.2) is 0 Å². The highest BCUT2D eigenvalue weighted by atomic mass is 16.3. The molecule has 1 aromatic carbocycles. The van der Waals surface area contributed by atoms with Crippen LogP contribution in [0.2, 0.25) is 0 Å². The molecular formula is C16H23NO2. The lowest BCUT2D eigenvalue weighted by Gasteiger charge is -2.30. The van der Waals surface area contributed by atoms with Crippen molar-refractivity contribution in [2.45, 2.75) is 44.6 Å². The summed E-state index contributed by atoms with van der Waals surface area (Å²) in [4.78, 5) is 14.4. The number of hydrogen-bond acceptors (Lipinski definition) is 3. The van der Waals surface area contributed by atoms with Crippen molar-refractivity contribution >= 4 is 5.78 Å². The van der Waals surface area contributed by atoms with E-state index in [1.165, 1.54) is 32.1 Å². The number of carbonyl (C=O) groups is 1. The van der Waals surface area contributed by atoms with Gasteiger partial charge in [0, 0.05) is 24.6 Å². The number of carbonyl (C=O) groups excluding carboxylic acids is 1. The Balaban J connectivity index is 1.81. The Hall–Kier alpha value is -1.35. The lowest BCUT2D eigenvalue weighted by molar-refractivity contribution is 0.0952. The summed E-state index contributed by atoms with van der Waals surface area (Å²) >= 11 is 0. The molecule has 0 unspecified atom stereocenters. The molecule has 1 fully saturated rings. The van der Waals surface area contributed by atoms with Gasteiger partial charge in [-0.15, -0.1) is 0 Å². The van der Waals surface area contributed by atoms with Crippen LogP contribution in [0.3, 0.4) is 0 Å². The summed E-state index contributed by atoms with van der Waals surface area (Å²) in [6.45, 7) is 0.824. The molecule has 3 heteroatoms. The molecule has 1 aliphatic rings. The van der Waals surface area contributed by atoms with Crippen LogP contribution in [0.5, 0.6) is 5.75 Å². The van der Waals surface area contributed by atoms with Crippen molar-refractivity contribution < 1.29 is 9.90 Å². The van der Waals surface area contributed by atoms with Crippen molar-refractivity contribution in [2.24, 2.45) is 0 Å². The highest BCUT2D eigenvalue weighted by Crippen LogP contribution is 2.22. The minimum Gasteiger partial charge on any atom is -0.508 e. The van der Waals surface area contributed by atoms with Crippen LogP contribution in [0.1, 0.15) is 48.9 Å². The predicted octanol–water partition coefficient (Wildman–Crippen LogP) is 3.23. The zero-order chi connectivity index (χ0) is 13.7. The summed E-state index contributed by atoms with van der Waals surface area (Å²) in [6.07, 6.45) is 7.09. The Labute approximate surface area is 115 Å². The molecule has 19 heavy (non-hydrogen) atoms. The van der Waals surface area contributed by atoms with E-state index in [4.69, 9.17) is 0 Å².